The maximum absolute atomic E-state index is 13.1. The smallest absolute Gasteiger partial charge is 0.332 e. The number of aromatic nitrogens is 1. The summed E-state index contributed by atoms with van der Waals surface area (Å²) in [6, 6.07) is 1.72. The highest BCUT2D eigenvalue weighted by Crippen LogP contribution is 2.46. The third-order valence-electron chi connectivity index (χ3n) is 5.89. The fourth-order valence-electron chi connectivity index (χ4n) is 3.13. The molecule has 168 valence electrons. The minimum absolute atomic E-state index is 0.0387. The third-order valence-corrected chi connectivity index (χ3v) is 11.8. The zero-order valence-corrected chi connectivity index (χ0v) is 20.4. The Balaban J connectivity index is 2.37. The average molecular weight is 457 g/mol. The van der Waals surface area contributed by atoms with E-state index < -0.39 is 37.7 Å². The number of likely N-dealkylation sites (tertiary alicyclic amines) is 1. The highest BCUT2D eigenvalue weighted by atomic mass is 32.2. The number of hydrogen-bond donors (Lipinski definition) is 2. The molecule has 1 unspecified atom stereocenters. The van der Waals surface area contributed by atoms with E-state index in [2.05, 4.69) is 40.4 Å². The summed E-state index contributed by atoms with van der Waals surface area (Å²) >= 11 is 1.05. The maximum Gasteiger partial charge on any atom is 0.332 e. The number of carbonyl (C=O) groups excluding carboxylic acids is 2. The predicted octanol–water partition coefficient (Wildman–Crippen LogP) is 3.32. The molecular weight excluding hydrogens is 424 g/mol. The van der Waals surface area contributed by atoms with Crippen LogP contribution in [0.1, 0.15) is 27.7 Å². The quantitative estimate of drug-likeness (QED) is 0.268. The van der Waals surface area contributed by atoms with Crippen molar-refractivity contribution in [3.8, 4) is 11.8 Å². The van der Waals surface area contributed by atoms with Crippen molar-refractivity contribution in [1.82, 2.24) is 8.87 Å². The van der Waals surface area contributed by atoms with Gasteiger partial charge in [-0.1, -0.05) is 26.8 Å². The van der Waals surface area contributed by atoms with Crippen molar-refractivity contribution >= 4 is 32.1 Å². The van der Waals surface area contributed by atoms with Gasteiger partial charge < -0.3 is 24.3 Å². The van der Waals surface area contributed by atoms with E-state index in [0.29, 0.717) is 0 Å². The largest absolute Gasteiger partial charge is 0.494 e. The van der Waals surface area contributed by atoms with E-state index in [0.717, 1.165) is 11.9 Å². The van der Waals surface area contributed by atoms with Crippen molar-refractivity contribution in [2.24, 2.45) is 5.92 Å². The van der Waals surface area contributed by atoms with E-state index >= 15 is 0 Å². The summed E-state index contributed by atoms with van der Waals surface area (Å²) in [6.45, 7) is 16.1. The number of methoxy groups -OCH3 is 1. The van der Waals surface area contributed by atoms with Gasteiger partial charge in [0, 0.05) is 12.1 Å². The van der Waals surface area contributed by atoms with Gasteiger partial charge in [-0.15, -0.1) is 6.58 Å². The Kier molecular flexibility index (Phi) is 7.05. The number of esters is 1. The van der Waals surface area contributed by atoms with Crippen LogP contribution in [0.2, 0.25) is 18.1 Å². The Labute approximate surface area is 183 Å². The van der Waals surface area contributed by atoms with Gasteiger partial charge in [-0.3, -0.25) is 4.79 Å². The van der Waals surface area contributed by atoms with Crippen LogP contribution in [0.3, 0.4) is 0 Å². The molecule has 8 nitrogen and oxygen atoms in total. The lowest BCUT2D eigenvalue weighted by Gasteiger charge is -2.52. The van der Waals surface area contributed by atoms with E-state index in [1.54, 1.807) is 0 Å². The molecule has 1 amide bonds. The topological polar surface area (TPSA) is 101 Å². The lowest BCUT2D eigenvalue weighted by molar-refractivity contribution is -0.167. The van der Waals surface area contributed by atoms with Crippen molar-refractivity contribution in [3.63, 3.8) is 0 Å². The van der Waals surface area contributed by atoms with E-state index in [-0.39, 0.29) is 22.7 Å². The van der Waals surface area contributed by atoms with E-state index in [4.69, 9.17) is 9.16 Å². The summed E-state index contributed by atoms with van der Waals surface area (Å²) in [5.41, 5.74) is 0. The highest BCUT2D eigenvalue weighted by molar-refractivity contribution is 7.98. The van der Waals surface area contributed by atoms with Crippen LogP contribution in [0.4, 0.5) is 0 Å². The fourth-order valence-corrected chi connectivity index (χ4v) is 5.92. The summed E-state index contributed by atoms with van der Waals surface area (Å²) in [5.74, 6) is -1.78. The first-order valence-electron chi connectivity index (χ1n) is 9.74. The lowest BCUT2D eigenvalue weighted by Crippen LogP contribution is -2.68. The number of nitrogens with zero attached hydrogens (tertiary/aromatic N) is 2. The minimum Gasteiger partial charge on any atom is -0.494 e. The molecule has 1 aliphatic heterocycles. The second kappa shape index (κ2) is 8.68. The minimum atomic E-state index is -2.16. The van der Waals surface area contributed by atoms with Gasteiger partial charge in [-0.25, -0.2) is 8.77 Å². The summed E-state index contributed by atoms with van der Waals surface area (Å²) in [5, 5.41) is 19.5. The molecule has 0 saturated carbocycles. The van der Waals surface area contributed by atoms with Crippen molar-refractivity contribution in [2.45, 2.75) is 63.3 Å². The average Bonchev–Trinajstić information content (AvgIpc) is 2.95. The number of amides is 1. The van der Waals surface area contributed by atoms with Crippen molar-refractivity contribution in [2.75, 3.05) is 7.11 Å². The molecule has 30 heavy (non-hydrogen) atoms. The molecular formula is C20H32N2O6SSi. The zero-order chi connectivity index (χ0) is 23.0. The van der Waals surface area contributed by atoms with E-state index in [1.165, 1.54) is 34.2 Å². The summed E-state index contributed by atoms with van der Waals surface area (Å²) in [7, 11) is -0.911. The molecule has 2 rings (SSSR count). The first kappa shape index (κ1) is 24.4. The lowest BCUT2D eigenvalue weighted by atomic mass is 9.91. The number of rotatable bonds is 8. The number of ether oxygens (including phenoxy) is 1. The Bertz CT molecular complexity index is 799. The molecule has 1 aromatic rings. The molecule has 0 aromatic carbocycles. The van der Waals surface area contributed by atoms with Crippen molar-refractivity contribution in [1.29, 1.82) is 0 Å². The van der Waals surface area contributed by atoms with Gasteiger partial charge >= 0.3 is 5.97 Å². The molecule has 1 aliphatic rings. The Morgan fingerprint density at radius 3 is 2.27 bits per heavy atom. The van der Waals surface area contributed by atoms with Gasteiger partial charge in [0.25, 0.3) is 0 Å². The van der Waals surface area contributed by atoms with Gasteiger partial charge in [0.15, 0.2) is 8.32 Å². The van der Waals surface area contributed by atoms with Crippen LogP contribution in [0.5, 0.6) is 11.8 Å². The SMILES string of the molecule is C=CC(C(=O)OC)N1C(=O)[C@H]([C@@H](C)O[Si](C)(C)C(C)(C)C)[C@H]1Sn1c(O)ccc1O. The summed E-state index contributed by atoms with van der Waals surface area (Å²) in [6.07, 6.45) is 0.928. The van der Waals surface area contributed by atoms with Crippen LogP contribution in [-0.2, 0) is 18.8 Å². The third kappa shape index (κ3) is 4.40. The standard InChI is InChI=1S/C20H32N2O6SSi/c1-9-13(19(26)27-6)21-17(25)16(12(2)28-30(7,8)20(3,4)5)18(21)29-22-14(23)10-11-15(22)24/h9-13,16,18,23-24H,1H2,2-8H3/t12-,13?,16+,18-/m1/s1. The number of aromatic hydroxyl groups is 2. The van der Waals surface area contributed by atoms with Crippen LogP contribution in [0.15, 0.2) is 24.8 Å². The first-order valence-corrected chi connectivity index (χ1v) is 13.5. The first-order chi connectivity index (χ1) is 13.8. The predicted molar refractivity (Wildman–Crippen MR) is 119 cm³/mol. The van der Waals surface area contributed by atoms with Crippen LogP contribution in [0.25, 0.3) is 0 Å². The van der Waals surface area contributed by atoms with Gasteiger partial charge in [-0.05, 0) is 37.0 Å². The Morgan fingerprint density at radius 1 is 1.30 bits per heavy atom. The molecule has 0 radical (unpaired) electrons. The second-order valence-corrected chi connectivity index (χ2v) is 14.7. The van der Waals surface area contributed by atoms with Crippen LogP contribution in [-0.4, -0.2) is 63.9 Å². The zero-order valence-electron chi connectivity index (χ0n) is 18.6. The number of hydrogen-bond acceptors (Lipinski definition) is 7. The number of β-lactam (4-membered cyclic amide) rings is 1. The molecule has 2 heterocycles. The molecule has 0 bridgehead atoms. The van der Waals surface area contributed by atoms with Gasteiger partial charge in [0.2, 0.25) is 17.7 Å². The molecule has 10 heteroatoms. The molecule has 0 aliphatic carbocycles. The van der Waals surface area contributed by atoms with Gasteiger partial charge in [0.05, 0.1) is 19.1 Å². The van der Waals surface area contributed by atoms with Crippen LogP contribution >= 0.6 is 11.9 Å². The Morgan fingerprint density at radius 2 is 1.83 bits per heavy atom. The van der Waals surface area contributed by atoms with Gasteiger partial charge in [0.1, 0.15) is 11.4 Å². The summed E-state index contributed by atoms with van der Waals surface area (Å²) < 4.78 is 12.5. The van der Waals surface area contributed by atoms with E-state index in [9.17, 15) is 19.8 Å². The molecule has 4 atom stereocenters. The second-order valence-electron chi connectivity index (χ2n) is 8.90. The van der Waals surface area contributed by atoms with Gasteiger partial charge in [-0.2, -0.15) is 0 Å². The highest BCUT2D eigenvalue weighted by Gasteiger charge is 2.56. The molecule has 2 N–H and O–H groups in total. The normalized spacial score (nSPS) is 21.7. The van der Waals surface area contributed by atoms with Crippen LogP contribution in [0, 0.1) is 5.92 Å². The Hall–Kier alpha value is -1.91. The van der Waals surface area contributed by atoms with Crippen molar-refractivity contribution in [3.05, 3.63) is 24.8 Å². The fraction of sp³-hybridized carbons (Fsp3) is 0.600. The molecule has 1 saturated heterocycles. The van der Waals surface area contributed by atoms with Crippen LogP contribution < -0.4 is 0 Å². The molecule has 0 spiro atoms. The summed E-state index contributed by atoms with van der Waals surface area (Å²) in [4.78, 5) is 26.7. The number of carbonyl (C=O) groups is 2. The van der Waals surface area contributed by atoms with E-state index in [1.807, 2.05) is 6.92 Å². The maximum atomic E-state index is 13.1. The monoisotopic (exact) mass is 456 g/mol. The molecule has 1 aromatic heterocycles. The van der Waals surface area contributed by atoms with Crippen molar-refractivity contribution < 1.29 is 29.0 Å². The molecule has 1 fully saturated rings.